The van der Waals surface area contributed by atoms with Crippen molar-refractivity contribution in [2.75, 3.05) is 33.4 Å². The Morgan fingerprint density at radius 2 is 1.72 bits per heavy atom. The van der Waals surface area contributed by atoms with Gasteiger partial charge in [0.2, 0.25) is 0 Å². The van der Waals surface area contributed by atoms with E-state index in [0.717, 1.165) is 64.3 Å². The van der Waals surface area contributed by atoms with Gasteiger partial charge in [-0.05, 0) is 47.0 Å². The largest absolute Gasteiger partial charge is 0.460 e. The number of nitrogens with one attached hydrogen (secondary N) is 2. The maximum absolute atomic E-state index is 11.6. The zero-order chi connectivity index (χ0) is 18.3. The summed E-state index contributed by atoms with van der Waals surface area (Å²) in [5.41, 5.74) is -0.383. The van der Waals surface area contributed by atoms with Crippen molar-refractivity contribution in [1.29, 1.82) is 0 Å². The average Bonchev–Trinajstić information content (AvgIpc) is 2.48. The van der Waals surface area contributed by atoms with Crippen LogP contribution in [0.4, 0.5) is 0 Å². The number of hydrogen-bond acceptors (Lipinski definition) is 4. The van der Waals surface area contributed by atoms with Crippen LogP contribution in [0.5, 0.6) is 0 Å². The lowest BCUT2D eigenvalue weighted by Crippen LogP contribution is -2.37. The van der Waals surface area contributed by atoms with Gasteiger partial charge in [-0.1, -0.05) is 12.8 Å². The molecule has 0 aromatic carbocycles. The first kappa shape index (κ1) is 26.7. The fourth-order valence-electron chi connectivity index (χ4n) is 2.09. The van der Waals surface area contributed by atoms with Gasteiger partial charge in [0.15, 0.2) is 5.96 Å². The summed E-state index contributed by atoms with van der Waals surface area (Å²) < 4.78 is 10.3. The van der Waals surface area contributed by atoms with E-state index < -0.39 is 0 Å². The second kappa shape index (κ2) is 16.9. The Morgan fingerprint density at radius 1 is 1.04 bits per heavy atom. The molecule has 0 heterocycles. The highest BCUT2D eigenvalue weighted by Gasteiger charge is 2.15. The molecule has 6 nitrogen and oxygen atoms in total. The first-order valence-corrected chi connectivity index (χ1v) is 9.12. The van der Waals surface area contributed by atoms with Crippen molar-refractivity contribution in [3.63, 3.8) is 0 Å². The lowest BCUT2D eigenvalue weighted by Gasteiger charge is -2.19. The monoisotopic (exact) mass is 471 g/mol. The number of ether oxygens (including phenoxy) is 2. The highest BCUT2D eigenvalue weighted by atomic mass is 127. The van der Waals surface area contributed by atoms with Gasteiger partial charge in [-0.3, -0.25) is 9.79 Å². The number of carbonyl (C=O) groups is 1. The van der Waals surface area contributed by atoms with Gasteiger partial charge in [-0.15, -0.1) is 24.0 Å². The zero-order valence-electron chi connectivity index (χ0n) is 16.7. The molecule has 0 saturated heterocycles. The second-order valence-electron chi connectivity index (χ2n) is 6.78. The van der Waals surface area contributed by atoms with Gasteiger partial charge in [-0.25, -0.2) is 0 Å². The second-order valence-corrected chi connectivity index (χ2v) is 6.78. The molecule has 0 aliphatic carbocycles. The molecule has 0 saturated carbocycles. The van der Waals surface area contributed by atoms with Crippen LogP contribution in [0.15, 0.2) is 4.99 Å². The molecule has 0 bridgehead atoms. The van der Waals surface area contributed by atoms with E-state index in [1.54, 1.807) is 7.11 Å². The number of halogens is 1. The van der Waals surface area contributed by atoms with Crippen LogP contribution >= 0.6 is 24.0 Å². The molecule has 2 N–H and O–H groups in total. The number of aliphatic imine (C=N–C) groups is 1. The van der Waals surface area contributed by atoms with Crippen molar-refractivity contribution >= 4 is 35.9 Å². The molecule has 0 radical (unpaired) electrons. The van der Waals surface area contributed by atoms with Gasteiger partial charge in [0.25, 0.3) is 0 Å². The summed E-state index contributed by atoms with van der Waals surface area (Å²) in [5, 5.41) is 6.57. The number of guanidine groups is 1. The fourth-order valence-corrected chi connectivity index (χ4v) is 2.09. The zero-order valence-corrected chi connectivity index (χ0v) is 19.0. The molecule has 150 valence electrons. The van der Waals surface area contributed by atoms with Crippen molar-refractivity contribution in [3.8, 4) is 0 Å². The van der Waals surface area contributed by atoms with E-state index in [0.29, 0.717) is 6.42 Å². The first-order chi connectivity index (χ1) is 11.4. The van der Waals surface area contributed by atoms with E-state index in [-0.39, 0.29) is 35.5 Å². The molecule has 25 heavy (non-hydrogen) atoms. The van der Waals surface area contributed by atoms with Crippen LogP contribution < -0.4 is 10.6 Å². The maximum atomic E-state index is 11.6. The van der Waals surface area contributed by atoms with E-state index in [4.69, 9.17) is 9.47 Å². The molecule has 0 amide bonds. The van der Waals surface area contributed by atoms with Gasteiger partial charge >= 0.3 is 5.97 Å². The van der Waals surface area contributed by atoms with E-state index in [9.17, 15) is 4.79 Å². The van der Waals surface area contributed by atoms with Crippen LogP contribution in [-0.2, 0) is 14.3 Å². The number of carbonyl (C=O) groups excluding carboxylic acids is 1. The fraction of sp³-hybridized carbons (Fsp3) is 0.889. The molecule has 0 fully saturated rings. The molecular formula is C18H38IN3O3. The van der Waals surface area contributed by atoms with Crippen LogP contribution in [-0.4, -0.2) is 50.9 Å². The summed E-state index contributed by atoms with van der Waals surface area (Å²) >= 11 is 0. The maximum Gasteiger partial charge on any atom is 0.306 e. The van der Waals surface area contributed by atoms with Crippen LogP contribution in [0.1, 0.15) is 66.2 Å². The Labute approximate surface area is 170 Å². The minimum atomic E-state index is -0.383. The Kier molecular flexibility index (Phi) is 18.0. The number of unbranched alkanes of at least 4 members (excludes halogenated alkanes) is 3. The Bertz CT molecular complexity index is 358. The first-order valence-electron chi connectivity index (χ1n) is 9.12. The minimum absolute atomic E-state index is 0. The molecule has 0 rings (SSSR count). The third-order valence-electron chi connectivity index (χ3n) is 3.14. The van der Waals surface area contributed by atoms with Gasteiger partial charge in [0, 0.05) is 39.8 Å². The standard InChI is InChI=1S/C18H37N3O3.HI/c1-6-19-17(21-14-11-15-23-5)20-13-10-8-7-9-12-16(22)24-18(2,3)4;/h6-15H2,1-5H3,(H2,19,20,21);1H. The molecule has 0 spiro atoms. The predicted molar refractivity (Wildman–Crippen MR) is 115 cm³/mol. The van der Waals surface area contributed by atoms with Crippen LogP contribution in [0.2, 0.25) is 0 Å². The molecule has 0 aliphatic heterocycles. The Morgan fingerprint density at radius 3 is 2.32 bits per heavy atom. The number of methoxy groups -OCH3 is 1. The number of hydrogen-bond donors (Lipinski definition) is 2. The highest BCUT2D eigenvalue weighted by molar-refractivity contribution is 14.0. The third kappa shape index (κ3) is 19.6. The highest BCUT2D eigenvalue weighted by Crippen LogP contribution is 2.10. The van der Waals surface area contributed by atoms with Crippen molar-refractivity contribution in [3.05, 3.63) is 0 Å². The SMILES string of the molecule is CCNC(=NCCCOC)NCCCCCCC(=O)OC(C)(C)C.I. The smallest absolute Gasteiger partial charge is 0.306 e. The summed E-state index contributed by atoms with van der Waals surface area (Å²) in [6.45, 7) is 11.0. The van der Waals surface area contributed by atoms with Gasteiger partial charge in [0.1, 0.15) is 5.60 Å². The van der Waals surface area contributed by atoms with Gasteiger partial charge in [-0.2, -0.15) is 0 Å². The lowest BCUT2D eigenvalue weighted by molar-refractivity contribution is -0.154. The minimum Gasteiger partial charge on any atom is -0.460 e. The molecule has 0 unspecified atom stereocenters. The van der Waals surface area contributed by atoms with Gasteiger partial charge < -0.3 is 20.1 Å². The summed E-state index contributed by atoms with van der Waals surface area (Å²) in [4.78, 5) is 16.1. The summed E-state index contributed by atoms with van der Waals surface area (Å²) in [6, 6.07) is 0. The van der Waals surface area contributed by atoms with Crippen LogP contribution in [0.3, 0.4) is 0 Å². The Hall–Kier alpha value is -0.570. The summed E-state index contributed by atoms with van der Waals surface area (Å²) in [5.74, 6) is 0.764. The Balaban J connectivity index is 0. The van der Waals surface area contributed by atoms with Crippen molar-refractivity contribution in [2.45, 2.75) is 71.8 Å². The lowest BCUT2D eigenvalue weighted by atomic mass is 10.1. The number of rotatable bonds is 12. The molecule has 0 aromatic heterocycles. The van der Waals surface area contributed by atoms with Crippen LogP contribution in [0.25, 0.3) is 0 Å². The molecule has 0 atom stereocenters. The van der Waals surface area contributed by atoms with Gasteiger partial charge in [0.05, 0.1) is 0 Å². The van der Waals surface area contributed by atoms with Crippen LogP contribution in [0, 0.1) is 0 Å². The number of nitrogens with zero attached hydrogens (tertiary/aromatic N) is 1. The number of esters is 1. The van der Waals surface area contributed by atoms with Crippen molar-refractivity contribution < 1.29 is 14.3 Å². The quantitative estimate of drug-likeness (QED) is 0.150. The summed E-state index contributed by atoms with van der Waals surface area (Å²) in [6.07, 6.45) is 5.53. The molecule has 0 aliphatic rings. The predicted octanol–water partition coefficient (Wildman–Crippen LogP) is 3.49. The van der Waals surface area contributed by atoms with E-state index in [1.807, 2.05) is 20.8 Å². The molecular weight excluding hydrogens is 433 g/mol. The van der Waals surface area contributed by atoms with E-state index in [2.05, 4.69) is 22.5 Å². The average molecular weight is 471 g/mol. The van der Waals surface area contributed by atoms with Crippen molar-refractivity contribution in [1.82, 2.24) is 10.6 Å². The molecule has 0 aromatic rings. The third-order valence-corrected chi connectivity index (χ3v) is 3.14. The molecule has 7 heteroatoms. The normalized spacial score (nSPS) is 11.6. The summed E-state index contributed by atoms with van der Waals surface area (Å²) in [7, 11) is 1.70. The van der Waals surface area contributed by atoms with Crippen molar-refractivity contribution in [2.24, 2.45) is 4.99 Å². The van der Waals surface area contributed by atoms with E-state index >= 15 is 0 Å². The topological polar surface area (TPSA) is 72.0 Å². The van der Waals surface area contributed by atoms with E-state index in [1.165, 1.54) is 0 Å².